The summed E-state index contributed by atoms with van der Waals surface area (Å²) in [5.41, 5.74) is 7.71. The van der Waals surface area contributed by atoms with E-state index in [2.05, 4.69) is 32.1 Å². The van der Waals surface area contributed by atoms with E-state index in [4.69, 9.17) is 5.73 Å². The minimum absolute atomic E-state index is 0.364. The molecule has 0 aliphatic carbocycles. The lowest BCUT2D eigenvalue weighted by Gasteiger charge is -2.07. The van der Waals surface area contributed by atoms with Gasteiger partial charge in [-0.2, -0.15) is 0 Å². The van der Waals surface area contributed by atoms with Gasteiger partial charge in [0.1, 0.15) is 5.82 Å². The second kappa shape index (κ2) is 4.35. The van der Waals surface area contributed by atoms with Gasteiger partial charge in [-0.15, -0.1) is 5.10 Å². The number of rotatable bonds is 2. The number of halogens is 1. The number of benzene rings is 1. The van der Waals surface area contributed by atoms with E-state index in [-0.39, 0.29) is 0 Å². The number of aryl methyl sites for hydroxylation is 2. The molecule has 0 unspecified atom stereocenters. The normalized spacial score (nSPS) is 10.8. The zero-order valence-electron chi connectivity index (χ0n) is 9.24. The summed E-state index contributed by atoms with van der Waals surface area (Å²) < 4.78 is 2.88. The fraction of sp³-hybridized carbons (Fsp3) is 0.273. The first kappa shape index (κ1) is 11.3. The fourth-order valence-electron chi connectivity index (χ4n) is 1.62. The summed E-state index contributed by atoms with van der Waals surface area (Å²) in [5.74, 6) is 1.52. The molecular weight excluding hydrogens is 268 g/mol. The second-order valence-electron chi connectivity index (χ2n) is 3.62. The van der Waals surface area contributed by atoms with E-state index in [1.165, 1.54) is 0 Å². The summed E-state index contributed by atoms with van der Waals surface area (Å²) in [7, 11) is 0. The van der Waals surface area contributed by atoms with Crippen molar-refractivity contribution in [3.05, 3.63) is 39.9 Å². The Morgan fingerprint density at radius 2 is 2.12 bits per heavy atom. The zero-order valence-corrected chi connectivity index (χ0v) is 10.8. The third-order valence-electron chi connectivity index (χ3n) is 2.38. The van der Waals surface area contributed by atoms with Gasteiger partial charge in [-0.05, 0) is 37.6 Å². The molecule has 0 aliphatic rings. The minimum Gasteiger partial charge on any atom is -0.324 e. The smallest absolute Gasteiger partial charge is 0.164 e. The van der Waals surface area contributed by atoms with Crippen molar-refractivity contribution in [2.45, 2.75) is 20.4 Å². The van der Waals surface area contributed by atoms with Crippen molar-refractivity contribution in [2.24, 2.45) is 5.73 Å². The predicted octanol–water partition coefficient (Wildman–Crippen LogP) is 2.11. The van der Waals surface area contributed by atoms with Gasteiger partial charge in [0.2, 0.25) is 0 Å². The summed E-state index contributed by atoms with van der Waals surface area (Å²) in [6.07, 6.45) is 0. The molecule has 5 heteroatoms. The highest BCUT2D eigenvalue weighted by Gasteiger charge is 2.08. The van der Waals surface area contributed by atoms with Crippen molar-refractivity contribution >= 4 is 15.9 Å². The van der Waals surface area contributed by atoms with E-state index in [1.807, 2.05) is 30.7 Å². The van der Waals surface area contributed by atoms with Crippen LogP contribution in [0.1, 0.15) is 17.2 Å². The Morgan fingerprint density at radius 3 is 2.69 bits per heavy atom. The molecule has 4 nitrogen and oxygen atoms in total. The second-order valence-corrected chi connectivity index (χ2v) is 4.54. The molecule has 84 valence electrons. The van der Waals surface area contributed by atoms with Crippen LogP contribution in [0, 0.1) is 13.8 Å². The first-order valence-corrected chi connectivity index (χ1v) is 5.80. The highest BCUT2D eigenvalue weighted by molar-refractivity contribution is 9.10. The Kier molecular flexibility index (Phi) is 3.07. The highest BCUT2D eigenvalue weighted by Crippen LogP contribution is 2.19. The molecule has 0 aliphatic heterocycles. The summed E-state index contributed by atoms with van der Waals surface area (Å²) in [5, 5.41) is 4.35. The zero-order chi connectivity index (χ0) is 11.7. The van der Waals surface area contributed by atoms with Crippen LogP contribution in [0.25, 0.3) is 5.69 Å². The maximum atomic E-state index is 5.53. The Balaban J connectivity index is 2.53. The van der Waals surface area contributed by atoms with Crippen LogP contribution in [0.4, 0.5) is 0 Å². The molecule has 16 heavy (non-hydrogen) atoms. The lowest BCUT2D eigenvalue weighted by molar-refractivity contribution is 0.807. The maximum Gasteiger partial charge on any atom is 0.164 e. The van der Waals surface area contributed by atoms with Crippen LogP contribution in [0.15, 0.2) is 22.7 Å². The monoisotopic (exact) mass is 280 g/mol. The highest BCUT2D eigenvalue weighted by atomic mass is 79.9. The van der Waals surface area contributed by atoms with Gasteiger partial charge in [0.25, 0.3) is 0 Å². The molecule has 0 fully saturated rings. The fourth-order valence-corrected chi connectivity index (χ4v) is 2.09. The van der Waals surface area contributed by atoms with Crippen molar-refractivity contribution in [3.63, 3.8) is 0 Å². The van der Waals surface area contributed by atoms with Gasteiger partial charge in [-0.25, -0.2) is 9.67 Å². The Bertz CT molecular complexity index is 519. The molecule has 0 amide bonds. The van der Waals surface area contributed by atoms with E-state index < -0.39 is 0 Å². The van der Waals surface area contributed by atoms with Gasteiger partial charge in [-0.1, -0.05) is 15.9 Å². The largest absolute Gasteiger partial charge is 0.324 e. The lowest BCUT2D eigenvalue weighted by atomic mass is 10.2. The molecule has 2 rings (SSSR count). The van der Waals surface area contributed by atoms with Crippen molar-refractivity contribution in [3.8, 4) is 5.69 Å². The van der Waals surface area contributed by atoms with Gasteiger partial charge >= 0.3 is 0 Å². The lowest BCUT2D eigenvalue weighted by Crippen LogP contribution is -2.03. The van der Waals surface area contributed by atoms with Crippen molar-refractivity contribution in [1.29, 1.82) is 0 Å². The molecule has 0 radical (unpaired) electrons. The molecule has 0 bridgehead atoms. The van der Waals surface area contributed by atoms with Crippen LogP contribution in [-0.4, -0.2) is 14.8 Å². The van der Waals surface area contributed by atoms with E-state index in [9.17, 15) is 0 Å². The predicted molar refractivity (Wildman–Crippen MR) is 66.4 cm³/mol. The molecule has 0 atom stereocenters. The standard InChI is InChI=1S/C11H13BrN4/c1-7-5-9(12)3-4-10(7)16-8(2)14-11(6-13)15-16/h3-5H,6,13H2,1-2H3. The third-order valence-corrected chi connectivity index (χ3v) is 2.88. The number of aromatic nitrogens is 3. The van der Waals surface area contributed by atoms with Crippen molar-refractivity contribution in [2.75, 3.05) is 0 Å². The van der Waals surface area contributed by atoms with Crippen LogP contribution in [0.5, 0.6) is 0 Å². The van der Waals surface area contributed by atoms with Crippen LogP contribution < -0.4 is 5.73 Å². The number of hydrogen-bond acceptors (Lipinski definition) is 3. The van der Waals surface area contributed by atoms with E-state index >= 15 is 0 Å². The number of nitrogens with zero attached hydrogens (tertiary/aromatic N) is 3. The molecule has 0 spiro atoms. The topological polar surface area (TPSA) is 56.7 Å². The van der Waals surface area contributed by atoms with Gasteiger partial charge in [0.05, 0.1) is 12.2 Å². The quantitative estimate of drug-likeness (QED) is 0.917. The maximum absolute atomic E-state index is 5.53. The van der Waals surface area contributed by atoms with Gasteiger partial charge < -0.3 is 5.73 Å². The van der Waals surface area contributed by atoms with E-state index in [0.717, 1.165) is 21.5 Å². The third kappa shape index (κ3) is 2.01. The van der Waals surface area contributed by atoms with Gasteiger partial charge in [-0.3, -0.25) is 0 Å². The first-order valence-electron chi connectivity index (χ1n) is 5.01. The summed E-state index contributed by atoms with van der Waals surface area (Å²) >= 11 is 3.44. The van der Waals surface area contributed by atoms with Gasteiger partial charge in [0.15, 0.2) is 5.82 Å². The van der Waals surface area contributed by atoms with Crippen molar-refractivity contribution < 1.29 is 0 Å². The number of nitrogens with two attached hydrogens (primary N) is 1. The van der Waals surface area contributed by atoms with Crippen LogP contribution in [0.2, 0.25) is 0 Å². The molecule has 2 N–H and O–H groups in total. The van der Waals surface area contributed by atoms with Crippen LogP contribution in [-0.2, 0) is 6.54 Å². The van der Waals surface area contributed by atoms with Crippen LogP contribution >= 0.6 is 15.9 Å². The molecule has 2 aromatic rings. The molecule has 1 aromatic carbocycles. The molecule has 0 saturated carbocycles. The first-order chi connectivity index (χ1) is 7.61. The molecule has 0 saturated heterocycles. The number of hydrogen-bond donors (Lipinski definition) is 1. The van der Waals surface area contributed by atoms with Crippen LogP contribution in [0.3, 0.4) is 0 Å². The summed E-state index contributed by atoms with van der Waals surface area (Å²) in [4.78, 5) is 4.28. The SMILES string of the molecule is Cc1cc(Br)ccc1-n1nc(CN)nc1C. The van der Waals surface area contributed by atoms with Crippen molar-refractivity contribution in [1.82, 2.24) is 14.8 Å². The molecule has 1 aromatic heterocycles. The van der Waals surface area contributed by atoms with E-state index in [1.54, 1.807) is 0 Å². The Hall–Kier alpha value is -1.20. The average molecular weight is 281 g/mol. The molecule has 1 heterocycles. The van der Waals surface area contributed by atoms with Gasteiger partial charge in [0, 0.05) is 4.47 Å². The Morgan fingerprint density at radius 1 is 1.38 bits per heavy atom. The molecular formula is C11H13BrN4. The summed E-state index contributed by atoms with van der Waals surface area (Å²) in [6, 6.07) is 6.06. The minimum atomic E-state index is 0.364. The average Bonchev–Trinajstić information content (AvgIpc) is 2.60. The summed E-state index contributed by atoms with van der Waals surface area (Å²) in [6.45, 7) is 4.33. The Labute approximate surface area is 103 Å². The van der Waals surface area contributed by atoms with E-state index in [0.29, 0.717) is 12.4 Å².